The van der Waals surface area contributed by atoms with Gasteiger partial charge in [-0.25, -0.2) is 9.59 Å². The Balaban J connectivity index is 1.59. The second kappa shape index (κ2) is 6.70. The third-order valence-electron chi connectivity index (χ3n) is 3.51. The molecular weight excluding hydrogens is 236 g/mol. The number of hydroxylamine groups is 2. The monoisotopic (exact) mass is 256 g/mol. The first kappa shape index (κ1) is 13.3. The van der Waals surface area contributed by atoms with Crippen molar-refractivity contribution in [3.8, 4) is 0 Å². The summed E-state index contributed by atoms with van der Waals surface area (Å²) in [6.07, 6.45) is 8.41. The molecule has 0 radical (unpaired) electrons. The van der Waals surface area contributed by atoms with Crippen LogP contribution in [0.1, 0.15) is 51.4 Å². The van der Waals surface area contributed by atoms with Crippen LogP contribution in [0.3, 0.4) is 0 Å². The van der Waals surface area contributed by atoms with Crippen molar-refractivity contribution < 1.29 is 19.3 Å². The standard InChI is InChI=1S/C12H20N2O4/c15-11(17-13-9-5-1-2-6-9)12(16)18-14-10-7-3-4-8-10/h9-10,13-14H,1-8H2. The van der Waals surface area contributed by atoms with E-state index >= 15 is 0 Å². The Bertz CT molecular complexity index is 266. The maximum atomic E-state index is 11.3. The number of carbonyl (C=O) groups excluding carboxylic acids is 2. The first-order valence-corrected chi connectivity index (χ1v) is 6.69. The molecule has 2 fully saturated rings. The van der Waals surface area contributed by atoms with Crippen molar-refractivity contribution in [1.29, 1.82) is 0 Å². The molecule has 0 atom stereocenters. The van der Waals surface area contributed by atoms with Gasteiger partial charge < -0.3 is 9.68 Å². The molecule has 0 amide bonds. The largest absolute Gasteiger partial charge is 0.437 e. The van der Waals surface area contributed by atoms with Crippen LogP contribution < -0.4 is 11.0 Å². The predicted octanol–water partition coefficient (Wildman–Crippen LogP) is 0.967. The number of carbonyl (C=O) groups is 2. The molecule has 0 unspecified atom stereocenters. The lowest BCUT2D eigenvalue weighted by Crippen LogP contribution is -2.37. The molecule has 2 aliphatic rings. The van der Waals surface area contributed by atoms with Crippen molar-refractivity contribution >= 4 is 11.9 Å². The summed E-state index contributed by atoms with van der Waals surface area (Å²) in [6.45, 7) is 0. The third-order valence-corrected chi connectivity index (χ3v) is 3.51. The predicted molar refractivity (Wildman–Crippen MR) is 63.0 cm³/mol. The molecular formula is C12H20N2O4. The summed E-state index contributed by atoms with van der Waals surface area (Å²) in [6, 6.07) is 0.342. The van der Waals surface area contributed by atoms with Crippen molar-refractivity contribution in [3.05, 3.63) is 0 Å². The number of rotatable bonds is 4. The molecule has 0 spiro atoms. The molecule has 0 bridgehead atoms. The zero-order valence-electron chi connectivity index (χ0n) is 10.4. The molecule has 6 nitrogen and oxygen atoms in total. The number of hydrogen-bond donors (Lipinski definition) is 2. The van der Waals surface area contributed by atoms with E-state index in [1.165, 1.54) is 0 Å². The van der Waals surface area contributed by atoms with Gasteiger partial charge in [0.25, 0.3) is 0 Å². The van der Waals surface area contributed by atoms with Gasteiger partial charge in [0.1, 0.15) is 0 Å². The van der Waals surface area contributed by atoms with E-state index in [1.807, 2.05) is 0 Å². The summed E-state index contributed by atoms with van der Waals surface area (Å²) in [5.41, 5.74) is 5.22. The molecule has 0 aromatic carbocycles. The lowest BCUT2D eigenvalue weighted by atomic mass is 10.3. The quantitative estimate of drug-likeness (QED) is 0.576. The third kappa shape index (κ3) is 3.96. The van der Waals surface area contributed by atoms with Gasteiger partial charge in [-0.3, -0.25) is 0 Å². The van der Waals surface area contributed by atoms with E-state index in [4.69, 9.17) is 9.68 Å². The zero-order valence-corrected chi connectivity index (χ0v) is 10.4. The van der Waals surface area contributed by atoms with Gasteiger partial charge in [-0.15, -0.1) is 11.0 Å². The van der Waals surface area contributed by atoms with Gasteiger partial charge in [0.2, 0.25) is 0 Å². The first-order chi connectivity index (χ1) is 8.75. The summed E-state index contributed by atoms with van der Waals surface area (Å²) in [7, 11) is 0. The maximum Gasteiger partial charge on any atom is 0.437 e. The van der Waals surface area contributed by atoms with Crippen LogP contribution in [-0.2, 0) is 19.3 Å². The minimum absolute atomic E-state index is 0.171. The Hall–Kier alpha value is -1.14. The van der Waals surface area contributed by atoms with Crippen LogP contribution in [0.25, 0.3) is 0 Å². The van der Waals surface area contributed by atoms with E-state index in [0.29, 0.717) is 0 Å². The average Bonchev–Trinajstić information content (AvgIpc) is 3.05. The van der Waals surface area contributed by atoms with Crippen molar-refractivity contribution in [3.63, 3.8) is 0 Å². The van der Waals surface area contributed by atoms with Gasteiger partial charge in [-0.05, 0) is 25.7 Å². The Labute approximate surface area is 106 Å². The van der Waals surface area contributed by atoms with E-state index in [2.05, 4.69) is 11.0 Å². The summed E-state index contributed by atoms with van der Waals surface area (Å²) >= 11 is 0. The highest BCUT2D eigenvalue weighted by atomic mass is 16.7. The minimum Gasteiger partial charge on any atom is -0.362 e. The Morgan fingerprint density at radius 2 is 1.06 bits per heavy atom. The van der Waals surface area contributed by atoms with E-state index in [0.717, 1.165) is 51.4 Å². The number of hydrogen-bond acceptors (Lipinski definition) is 6. The molecule has 18 heavy (non-hydrogen) atoms. The van der Waals surface area contributed by atoms with E-state index in [9.17, 15) is 9.59 Å². The summed E-state index contributed by atoms with van der Waals surface area (Å²) in [5.74, 6) is -1.99. The normalized spacial score (nSPS) is 21.1. The molecule has 2 saturated carbocycles. The molecule has 0 aliphatic heterocycles. The van der Waals surface area contributed by atoms with Crippen LogP contribution in [0.2, 0.25) is 0 Å². The first-order valence-electron chi connectivity index (χ1n) is 6.69. The van der Waals surface area contributed by atoms with Crippen LogP contribution in [0.15, 0.2) is 0 Å². The zero-order chi connectivity index (χ0) is 12.8. The second-order valence-electron chi connectivity index (χ2n) is 4.98. The molecule has 2 N–H and O–H groups in total. The summed E-state index contributed by atoms with van der Waals surface area (Å²) in [5, 5.41) is 0. The smallest absolute Gasteiger partial charge is 0.362 e. The van der Waals surface area contributed by atoms with Crippen LogP contribution in [-0.4, -0.2) is 24.0 Å². The molecule has 2 aliphatic carbocycles. The minimum atomic E-state index is -0.993. The van der Waals surface area contributed by atoms with E-state index in [-0.39, 0.29) is 12.1 Å². The molecule has 102 valence electrons. The van der Waals surface area contributed by atoms with Crippen molar-refractivity contribution in [2.75, 3.05) is 0 Å². The van der Waals surface area contributed by atoms with Gasteiger partial charge in [0.05, 0.1) is 0 Å². The lowest BCUT2D eigenvalue weighted by molar-refractivity contribution is -0.178. The molecule has 0 aromatic rings. The number of nitrogens with one attached hydrogen (secondary N) is 2. The lowest BCUT2D eigenvalue weighted by Gasteiger charge is -2.12. The Morgan fingerprint density at radius 1 is 0.722 bits per heavy atom. The highest BCUT2D eigenvalue weighted by Crippen LogP contribution is 2.18. The molecule has 2 rings (SSSR count). The van der Waals surface area contributed by atoms with Crippen LogP contribution in [0.5, 0.6) is 0 Å². The topological polar surface area (TPSA) is 76.7 Å². The van der Waals surface area contributed by atoms with Gasteiger partial charge in [-0.2, -0.15) is 0 Å². The van der Waals surface area contributed by atoms with Gasteiger partial charge in [-0.1, -0.05) is 25.7 Å². The van der Waals surface area contributed by atoms with Crippen LogP contribution in [0, 0.1) is 0 Å². The summed E-state index contributed by atoms with van der Waals surface area (Å²) < 4.78 is 0. The second-order valence-corrected chi connectivity index (χ2v) is 4.98. The van der Waals surface area contributed by atoms with Crippen LogP contribution in [0.4, 0.5) is 0 Å². The van der Waals surface area contributed by atoms with Gasteiger partial charge in [0.15, 0.2) is 0 Å². The molecule has 0 aromatic heterocycles. The van der Waals surface area contributed by atoms with Gasteiger partial charge in [0, 0.05) is 12.1 Å². The summed E-state index contributed by atoms with van der Waals surface area (Å²) in [4.78, 5) is 32.0. The van der Waals surface area contributed by atoms with Crippen LogP contribution >= 0.6 is 0 Å². The Morgan fingerprint density at radius 3 is 1.39 bits per heavy atom. The van der Waals surface area contributed by atoms with E-state index in [1.54, 1.807) is 0 Å². The fourth-order valence-electron chi connectivity index (χ4n) is 2.44. The van der Waals surface area contributed by atoms with E-state index < -0.39 is 11.9 Å². The average molecular weight is 256 g/mol. The molecule has 6 heteroatoms. The fraction of sp³-hybridized carbons (Fsp3) is 0.833. The fourth-order valence-corrected chi connectivity index (χ4v) is 2.44. The maximum absolute atomic E-state index is 11.3. The van der Waals surface area contributed by atoms with Crippen molar-refractivity contribution in [2.45, 2.75) is 63.5 Å². The molecule has 0 heterocycles. The van der Waals surface area contributed by atoms with Gasteiger partial charge >= 0.3 is 11.9 Å². The van der Waals surface area contributed by atoms with Crippen molar-refractivity contribution in [1.82, 2.24) is 11.0 Å². The highest BCUT2D eigenvalue weighted by Gasteiger charge is 2.23. The SMILES string of the molecule is O=C(ONC1CCCC1)C(=O)ONC1CCCC1. The van der Waals surface area contributed by atoms with Crippen molar-refractivity contribution in [2.24, 2.45) is 0 Å². The highest BCUT2D eigenvalue weighted by molar-refractivity contribution is 6.29. The molecule has 0 saturated heterocycles. The Kier molecular flexibility index (Phi) is 4.95.